The number of aryl methyl sites for hydroxylation is 1. The van der Waals surface area contributed by atoms with Crippen molar-refractivity contribution in [3.8, 4) is 11.4 Å². The summed E-state index contributed by atoms with van der Waals surface area (Å²) in [6.45, 7) is 3.35. The van der Waals surface area contributed by atoms with Crippen LogP contribution in [0.1, 0.15) is 23.0 Å². The Hall–Kier alpha value is -2.87. The van der Waals surface area contributed by atoms with Gasteiger partial charge in [0.1, 0.15) is 5.76 Å². The normalized spacial score (nSPS) is 10.7. The fraction of sp³-hybridized carbons (Fsp3) is 0.222. The summed E-state index contributed by atoms with van der Waals surface area (Å²) in [4.78, 5) is 23.6. The molecule has 0 aliphatic heterocycles. The van der Waals surface area contributed by atoms with Crippen LogP contribution in [0, 0.1) is 6.92 Å². The van der Waals surface area contributed by atoms with Crippen molar-refractivity contribution in [1.29, 1.82) is 0 Å². The number of amides is 1. The molecule has 0 unspecified atom stereocenters. The van der Waals surface area contributed by atoms with Crippen LogP contribution in [0.25, 0.3) is 11.4 Å². The van der Waals surface area contributed by atoms with Crippen LogP contribution in [0.2, 0.25) is 0 Å². The molecule has 1 aromatic carbocycles. The average molecular weight is 370 g/mol. The van der Waals surface area contributed by atoms with Crippen molar-refractivity contribution in [2.45, 2.75) is 19.0 Å². The standard InChI is InChI=1S/C18H18N4O3S/c1-11(23)13-5-4-6-14(9-13)19-16(24)10-26-18-21-20-17(22(18)3)15-7-8-25-12(15)2/h4-9H,10H2,1-3H3,(H,19,24). The molecule has 1 N–H and O–H groups in total. The van der Waals surface area contributed by atoms with Gasteiger partial charge in [-0.05, 0) is 32.0 Å². The van der Waals surface area contributed by atoms with Crippen molar-refractivity contribution in [3.63, 3.8) is 0 Å². The fourth-order valence-electron chi connectivity index (χ4n) is 2.44. The summed E-state index contributed by atoms with van der Waals surface area (Å²) in [5.41, 5.74) is 2.03. The topological polar surface area (TPSA) is 90.0 Å². The molecular weight excluding hydrogens is 352 g/mol. The molecule has 1 amide bonds. The van der Waals surface area contributed by atoms with E-state index in [1.54, 1.807) is 30.5 Å². The summed E-state index contributed by atoms with van der Waals surface area (Å²) in [7, 11) is 1.85. The van der Waals surface area contributed by atoms with Gasteiger partial charge in [0.2, 0.25) is 5.91 Å². The molecule has 2 heterocycles. The van der Waals surface area contributed by atoms with E-state index in [0.717, 1.165) is 11.3 Å². The zero-order valence-corrected chi connectivity index (χ0v) is 15.5. The minimum Gasteiger partial charge on any atom is -0.469 e. The summed E-state index contributed by atoms with van der Waals surface area (Å²) in [6, 6.07) is 8.69. The maximum atomic E-state index is 12.2. The number of rotatable bonds is 6. The largest absolute Gasteiger partial charge is 0.469 e. The molecule has 8 heteroatoms. The van der Waals surface area contributed by atoms with Crippen LogP contribution in [0.5, 0.6) is 0 Å². The summed E-state index contributed by atoms with van der Waals surface area (Å²) in [5.74, 6) is 1.41. The second-order valence-electron chi connectivity index (χ2n) is 5.73. The van der Waals surface area contributed by atoms with Gasteiger partial charge in [-0.1, -0.05) is 23.9 Å². The smallest absolute Gasteiger partial charge is 0.234 e. The van der Waals surface area contributed by atoms with Gasteiger partial charge in [-0.25, -0.2) is 0 Å². The number of hydrogen-bond acceptors (Lipinski definition) is 6. The number of hydrogen-bond donors (Lipinski definition) is 1. The predicted molar refractivity (Wildman–Crippen MR) is 99.2 cm³/mol. The van der Waals surface area contributed by atoms with Gasteiger partial charge in [0.15, 0.2) is 16.8 Å². The van der Waals surface area contributed by atoms with E-state index in [1.807, 2.05) is 24.6 Å². The van der Waals surface area contributed by atoms with Gasteiger partial charge in [-0.15, -0.1) is 10.2 Å². The number of Topliss-reactive ketones (excluding diaryl/α,β-unsaturated/α-hetero) is 1. The molecule has 0 radical (unpaired) electrons. The molecule has 26 heavy (non-hydrogen) atoms. The second kappa shape index (κ2) is 7.57. The van der Waals surface area contributed by atoms with E-state index >= 15 is 0 Å². The summed E-state index contributed by atoms with van der Waals surface area (Å²) in [6.07, 6.45) is 1.61. The highest BCUT2D eigenvalue weighted by atomic mass is 32.2. The van der Waals surface area contributed by atoms with E-state index in [1.165, 1.54) is 18.7 Å². The van der Waals surface area contributed by atoms with Crippen molar-refractivity contribution in [1.82, 2.24) is 14.8 Å². The minimum atomic E-state index is -0.181. The average Bonchev–Trinajstić information content (AvgIpc) is 3.18. The van der Waals surface area contributed by atoms with Gasteiger partial charge in [0, 0.05) is 18.3 Å². The number of carbonyl (C=O) groups is 2. The number of carbonyl (C=O) groups excluding carboxylic acids is 2. The van der Waals surface area contributed by atoms with Crippen molar-refractivity contribution in [2.24, 2.45) is 7.05 Å². The molecule has 0 fully saturated rings. The Labute approximate surface area is 154 Å². The van der Waals surface area contributed by atoms with E-state index in [2.05, 4.69) is 15.5 Å². The number of nitrogens with zero attached hydrogens (tertiary/aromatic N) is 3. The lowest BCUT2D eigenvalue weighted by molar-refractivity contribution is -0.113. The Morgan fingerprint density at radius 2 is 2.08 bits per heavy atom. The highest BCUT2D eigenvalue weighted by Crippen LogP contribution is 2.25. The maximum Gasteiger partial charge on any atom is 0.234 e. The van der Waals surface area contributed by atoms with Gasteiger partial charge >= 0.3 is 0 Å². The fourth-order valence-corrected chi connectivity index (χ4v) is 3.15. The Balaban J connectivity index is 1.64. The number of benzene rings is 1. The number of anilines is 1. The first-order chi connectivity index (χ1) is 12.5. The monoisotopic (exact) mass is 370 g/mol. The second-order valence-corrected chi connectivity index (χ2v) is 6.67. The summed E-state index contributed by atoms with van der Waals surface area (Å²) in [5, 5.41) is 11.7. The van der Waals surface area contributed by atoms with Crippen molar-refractivity contribution >= 4 is 29.1 Å². The number of nitrogens with one attached hydrogen (secondary N) is 1. The lowest BCUT2D eigenvalue weighted by atomic mass is 10.1. The number of aromatic nitrogens is 3. The third-order valence-electron chi connectivity index (χ3n) is 3.82. The van der Waals surface area contributed by atoms with Crippen LogP contribution in [0.3, 0.4) is 0 Å². The molecular formula is C18H18N4O3S. The first-order valence-corrected chi connectivity index (χ1v) is 8.92. The van der Waals surface area contributed by atoms with E-state index in [0.29, 0.717) is 22.2 Å². The zero-order valence-electron chi connectivity index (χ0n) is 14.6. The van der Waals surface area contributed by atoms with E-state index < -0.39 is 0 Å². The van der Waals surface area contributed by atoms with Gasteiger partial charge < -0.3 is 14.3 Å². The van der Waals surface area contributed by atoms with Crippen LogP contribution < -0.4 is 5.32 Å². The van der Waals surface area contributed by atoms with E-state index in [9.17, 15) is 9.59 Å². The van der Waals surface area contributed by atoms with Crippen LogP contribution >= 0.6 is 11.8 Å². The van der Waals surface area contributed by atoms with Gasteiger partial charge in [-0.2, -0.15) is 0 Å². The van der Waals surface area contributed by atoms with Gasteiger partial charge in [0.05, 0.1) is 17.6 Å². The van der Waals surface area contributed by atoms with E-state index in [4.69, 9.17) is 4.42 Å². The molecule has 0 aliphatic rings. The Bertz CT molecular complexity index is 961. The molecule has 0 saturated carbocycles. The molecule has 0 bridgehead atoms. The third kappa shape index (κ3) is 3.85. The maximum absolute atomic E-state index is 12.2. The van der Waals surface area contributed by atoms with Gasteiger partial charge in [0.25, 0.3) is 0 Å². The first kappa shape index (κ1) is 17.9. The number of furan rings is 1. The van der Waals surface area contributed by atoms with Crippen molar-refractivity contribution in [2.75, 3.05) is 11.1 Å². The van der Waals surface area contributed by atoms with Crippen LogP contribution in [0.4, 0.5) is 5.69 Å². The Morgan fingerprint density at radius 1 is 1.27 bits per heavy atom. The molecule has 3 rings (SSSR count). The first-order valence-electron chi connectivity index (χ1n) is 7.93. The van der Waals surface area contributed by atoms with Crippen LogP contribution in [-0.2, 0) is 11.8 Å². The molecule has 134 valence electrons. The highest BCUT2D eigenvalue weighted by molar-refractivity contribution is 7.99. The third-order valence-corrected chi connectivity index (χ3v) is 4.84. The molecule has 0 spiro atoms. The lowest BCUT2D eigenvalue weighted by Gasteiger charge is -2.06. The minimum absolute atomic E-state index is 0.0448. The molecule has 3 aromatic rings. The predicted octanol–water partition coefficient (Wildman–Crippen LogP) is 3.32. The molecule has 2 aromatic heterocycles. The Kier molecular flexibility index (Phi) is 5.22. The lowest BCUT2D eigenvalue weighted by Crippen LogP contribution is -2.14. The number of thioether (sulfide) groups is 1. The van der Waals surface area contributed by atoms with Gasteiger partial charge in [-0.3, -0.25) is 9.59 Å². The zero-order chi connectivity index (χ0) is 18.7. The molecule has 0 atom stereocenters. The number of ketones is 1. The SMILES string of the molecule is CC(=O)c1cccc(NC(=O)CSc2nnc(-c3ccoc3C)n2C)c1. The quantitative estimate of drug-likeness (QED) is 0.529. The van der Waals surface area contributed by atoms with Crippen molar-refractivity contribution in [3.05, 3.63) is 47.9 Å². The summed E-state index contributed by atoms with van der Waals surface area (Å²) < 4.78 is 7.12. The Morgan fingerprint density at radius 3 is 2.77 bits per heavy atom. The van der Waals surface area contributed by atoms with E-state index in [-0.39, 0.29) is 17.4 Å². The van der Waals surface area contributed by atoms with Crippen molar-refractivity contribution < 1.29 is 14.0 Å². The summed E-state index contributed by atoms with van der Waals surface area (Å²) >= 11 is 1.29. The molecule has 0 saturated heterocycles. The molecule has 7 nitrogen and oxygen atoms in total. The molecule has 0 aliphatic carbocycles. The van der Waals surface area contributed by atoms with Crippen LogP contribution in [-0.4, -0.2) is 32.2 Å². The van der Waals surface area contributed by atoms with Crippen LogP contribution in [0.15, 0.2) is 46.2 Å². The highest BCUT2D eigenvalue weighted by Gasteiger charge is 2.16.